The van der Waals surface area contributed by atoms with E-state index in [4.69, 9.17) is 12.2 Å². The minimum atomic E-state index is 0.142. The minimum Gasteiger partial charge on any atom is -0.329 e. The van der Waals surface area contributed by atoms with Crippen LogP contribution in [-0.2, 0) is 5.41 Å². The molecular weight excluding hydrogens is 346 g/mol. The van der Waals surface area contributed by atoms with Crippen LogP contribution in [0.4, 0.5) is 0 Å². The smallest absolute Gasteiger partial charge is 0.183 e. The molecule has 0 unspecified atom stereocenters. The van der Waals surface area contributed by atoms with Gasteiger partial charge in [-0.25, -0.2) is 4.98 Å². The van der Waals surface area contributed by atoms with Crippen LogP contribution in [0.25, 0.3) is 16.9 Å². The number of H-pyrrole nitrogens is 1. The standard InChI is InChI=1S/C16H16BrN3S/c1-16(2,3)10-4-6-12(7-5-10)20-14-13(19-15(20)21)8-11(17)9-18-14/h4-9H,1-3H3,(H,19,21). The molecule has 3 nitrogen and oxygen atoms in total. The van der Waals surface area contributed by atoms with Gasteiger partial charge in [-0.3, -0.25) is 4.57 Å². The van der Waals surface area contributed by atoms with Crippen molar-refractivity contribution in [2.75, 3.05) is 0 Å². The Labute approximate surface area is 137 Å². The van der Waals surface area contributed by atoms with Gasteiger partial charge in [-0.15, -0.1) is 0 Å². The van der Waals surface area contributed by atoms with Gasteiger partial charge in [0.25, 0.3) is 0 Å². The van der Waals surface area contributed by atoms with Crippen molar-refractivity contribution in [2.24, 2.45) is 0 Å². The van der Waals surface area contributed by atoms with Crippen LogP contribution < -0.4 is 0 Å². The molecule has 0 atom stereocenters. The number of benzene rings is 1. The van der Waals surface area contributed by atoms with E-state index < -0.39 is 0 Å². The van der Waals surface area contributed by atoms with E-state index in [9.17, 15) is 0 Å². The molecule has 0 aliphatic heterocycles. The Bertz CT molecular complexity index is 854. The van der Waals surface area contributed by atoms with Crippen molar-refractivity contribution in [2.45, 2.75) is 26.2 Å². The molecule has 0 amide bonds. The maximum Gasteiger partial charge on any atom is 0.183 e. The van der Waals surface area contributed by atoms with Gasteiger partial charge < -0.3 is 4.98 Å². The first-order chi connectivity index (χ1) is 9.86. The van der Waals surface area contributed by atoms with Gasteiger partial charge in [0, 0.05) is 16.4 Å². The Morgan fingerprint density at radius 1 is 1.19 bits per heavy atom. The summed E-state index contributed by atoms with van der Waals surface area (Å²) in [5, 5.41) is 0. The van der Waals surface area contributed by atoms with E-state index in [1.54, 1.807) is 6.20 Å². The molecule has 0 aliphatic rings. The zero-order valence-corrected chi connectivity index (χ0v) is 14.5. The number of nitrogens with zero attached hydrogens (tertiary/aromatic N) is 2. The average molecular weight is 362 g/mol. The van der Waals surface area contributed by atoms with Crippen molar-refractivity contribution < 1.29 is 0 Å². The summed E-state index contributed by atoms with van der Waals surface area (Å²) in [6.07, 6.45) is 1.78. The molecule has 3 aromatic rings. The van der Waals surface area contributed by atoms with Gasteiger partial charge >= 0.3 is 0 Å². The van der Waals surface area contributed by atoms with Crippen molar-refractivity contribution in [1.29, 1.82) is 0 Å². The van der Waals surface area contributed by atoms with Gasteiger partial charge in [0.1, 0.15) is 0 Å². The van der Waals surface area contributed by atoms with E-state index >= 15 is 0 Å². The topological polar surface area (TPSA) is 33.6 Å². The normalized spacial score (nSPS) is 12.0. The summed E-state index contributed by atoms with van der Waals surface area (Å²) in [6, 6.07) is 10.5. The lowest BCUT2D eigenvalue weighted by Crippen LogP contribution is -2.10. The van der Waals surface area contributed by atoms with Crippen molar-refractivity contribution in [1.82, 2.24) is 14.5 Å². The predicted molar refractivity (Wildman–Crippen MR) is 92.7 cm³/mol. The second-order valence-corrected chi connectivity index (χ2v) is 7.39. The number of hydrogen-bond donors (Lipinski definition) is 1. The number of rotatable bonds is 1. The second-order valence-electron chi connectivity index (χ2n) is 6.09. The summed E-state index contributed by atoms with van der Waals surface area (Å²) in [5.41, 5.74) is 4.23. The zero-order chi connectivity index (χ0) is 15.2. The third-order valence-corrected chi connectivity index (χ3v) is 4.20. The van der Waals surface area contributed by atoms with Gasteiger partial charge in [0.2, 0.25) is 0 Å². The summed E-state index contributed by atoms with van der Waals surface area (Å²) >= 11 is 8.86. The van der Waals surface area contributed by atoms with E-state index in [1.807, 2.05) is 10.6 Å². The molecule has 2 aromatic heterocycles. The summed E-state index contributed by atoms with van der Waals surface area (Å²) in [7, 11) is 0. The molecule has 0 bridgehead atoms. The Morgan fingerprint density at radius 2 is 1.86 bits per heavy atom. The number of nitrogens with one attached hydrogen (secondary N) is 1. The van der Waals surface area contributed by atoms with E-state index in [0.29, 0.717) is 4.77 Å². The lowest BCUT2D eigenvalue weighted by Gasteiger charge is -2.19. The third kappa shape index (κ3) is 2.68. The number of fused-ring (bicyclic) bond motifs is 1. The number of halogens is 1. The van der Waals surface area contributed by atoms with Gasteiger partial charge in [-0.2, -0.15) is 0 Å². The highest BCUT2D eigenvalue weighted by atomic mass is 79.9. The van der Waals surface area contributed by atoms with Gasteiger partial charge in [0.15, 0.2) is 10.4 Å². The molecule has 1 aromatic carbocycles. The molecule has 0 radical (unpaired) electrons. The maximum atomic E-state index is 5.44. The van der Waals surface area contributed by atoms with Crippen molar-refractivity contribution >= 4 is 39.3 Å². The van der Waals surface area contributed by atoms with Gasteiger partial charge in [-0.05, 0) is 57.3 Å². The Balaban J connectivity index is 2.17. The second kappa shape index (κ2) is 5.07. The number of aromatic nitrogens is 3. The fraction of sp³-hybridized carbons (Fsp3) is 0.250. The third-order valence-electron chi connectivity index (χ3n) is 3.48. The van der Waals surface area contributed by atoms with Crippen molar-refractivity contribution in [3.63, 3.8) is 0 Å². The first-order valence-electron chi connectivity index (χ1n) is 6.73. The SMILES string of the molecule is CC(C)(C)c1ccc(-n2c(=S)[nH]c3cc(Br)cnc32)cc1. The first kappa shape index (κ1) is 14.5. The lowest BCUT2D eigenvalue weighted by molar-refractivity contribution is 0.590. The lowest BCUT2D eigenvalue weighted by atomic mass is 9.87. The molecule has 0 aliphatic carbocycles. The summed E-state index contributed by atoms with van der Waals surface area (Å²) in [6.45, 7) is 6.62. The monoisotopic (exact) mass is 361 g/mol. The molecule has 5 heteroatoms. The molecular formula is C16H16BrN3S. The molecule has 21 heavy (non-hydrogen) atoms. The summed E-state index contributed by atoms with van der Waals surface area (Å²) in [4.78, 5) is 7.66. The minimum absolute atomic E-state index is 0.142. The van der Waals surface area contributed by atoms with Crippen LogP contribution in [0.15, 0.2) is 41.0 Å². The Hall–Kier alpha value is -1.46. The molecule has 0 fully saturated rings. The van der Waals surface area contributed by atoms with Crippen LogP contribution in [-0.4, -0.2) is 14.5 Å². The summed E-state index contributed by atoms with van der Waals surface area (Å²) < 4.78 is 3.55. The van der Waals surface area contributed by atoms with Crippen LogP contribution >= 0.6 is 28.1 Å². The van der Waals surface area contributed by atoms with Crippen LogP contribution in [0.2, 0.25) is 0 Å². The van der Waals surface area contributed by atoms with E-state index in [-0.39, 0.29) is 5.41 Å². The molecule has 108 valence electrons. The van der Waals surface area contributed by atoms with Crippen molar-refractivity contribution in [3.8, 4) is 5.69 Å². The fourth-order valence-electron chi connectivity index (χ4n) is 2.32. The van der Waals surface area contributed by atoms with Crippen LogP contribution in [0.1, 0.15) is 26.3 Å². The highest BCUT2D eigenvalue weighted by Crippen LogP contribution is 2.25. The molecule has 3 rings (SSSR count). The quantitative estimate of drug-likeness (QED) is 0.608. The molecule has 0 saturated heterocycles. The number of aromatic amines is 1. The predicted octanol–water partition coefficient (Wildman–Crippen LogP) is 5.14. The maximum absolute atomic E-state index is 5.44. The van der Waals surface area contributed by atoms with Crippen LogP contribution in [0, 0.1) is 4.77 Å². The highest BCUT2D eigenvalue weighted by molar-refractivity contribution is 9.10. The number of imidazole rings is 1. The first-order valence-corrected chi connectivity index (χ1v) is 7.93. The van der Waals surface area contributed by atoms with E-state index in [1.165, 1.54) is 5.56 Å². The number of pyridine rings is 1. The fourth-order valence-corrected chi connectivity index (χ4v) is 2.95. The molecule has 2 heterocycles. The van der Waals surface area contributed by atoms with Crippen LogP contribution in [0.5, 0.6) is 0 Å². The zero-order valence-electron chi connectivity index (χ0n) is 12.1. The van der Waals surface area contributed by atoms with E-state index in [2.05, 4.69) is 70.9 Å². The largest absolute Gasteiger partial charge is 0.329 e. The Morgan fingerprint density at radius 3 is 2.48 bits per heavy atom. The highest BCUT2D eigenvalue weighted by Gasteiger charge is 2.14. The molecule has 0 saturated carbocycles. The van der Waals surface area contributed by atoms with Gasteiger partial charge in [-0.1, -0.05) is 32.9 Å². The van der Waals surface area contributed by atoms with Gasteiger partial charge in [0.05, 0.1) is 5.52 Å². The van der Waals surface area contributed by atoms with E-state index in [0.717, 1.165) is 21.3 Å². The Kier molecular flexibility index (Phi) is 3.50. The average Bonchev–Trinajstić information content (AvgIpc) is 2.73. The summed E-state index contributed by atoms with van der Waals surface area (Å²) in [5.74, 6) is 0. The molecule has 0 spiro atoms. The number of hydrogen-bond acceptors (Lipinski definition) is 2. The molecule has 1 N–H and O–H groups in total. The van der Waals surface area contributed by atoms with Crippen molar-refractivity contribution in [3.05, 3.63) is 51.3 Å². The van der Waals surface area contributed by atoms with Crippen LogP contribution in [0.3, 0.4) is 0 Å².